The van der Waals surface area contributed by atoms with Gasteiger partial charge in [0.15, 0.2) is 4.34 Å². The number of hydrazine groups is 1. The average Bonchev–Trinajstić information content (AvgIpc) is 3.23. The van der Waals surface area contributed by atoms with Crippen molar-refractivity contribution in [2.24, 2.45) is 0 Å². The highest BCUT2D eigenvalue weighted by molar-refractivity contribution is 8.01. The number of hydrogen-bond acceptors (Lipinski definition) is 10. The van der Waals surface area contributed by atoms with Gasteiger partial charge in [-0.25, -0.2) is 0 Å². The Bertz CT molecular complexity index is 1090. The van der Waals surface area contributed by atoms with Gasteiger partial charge < -0.3 is 10.1 Å². The van der Waals surface area contributed by atoms with Crippen LogP contribution in [0.2, 0.25) is 0 Å². The largest absolute Gasteiger partial charge is 0.497 e. The summed E-state index contributed by atoms with van der Waals surface area (Å²) in [6.45, 7) is 0. The minimum absolute atomic E-state index is 0.00755. The number of carbonyl (C=O) groups excluding carboxylic acids is 2. The zero-order chi connectivity index (χ0) is 22.2. The van der Waals surface area contributed by atoms with E-state index < -0.39 is 16.7 Å². The summed E-state index contributed by atoms with van der Waals surface area (Å²) < 4.78 is 5.67. The Morgan fingerprint density at radius 3 is 2.65 bits per heavy atom. The van der Waals surface area contributed by atoms with Gasteiger partial charge in [0.05, 0.1) is 17.8 Å². The Kier molecular flexibility index (Phi) is 7.35. The standard InChI is InChI=1S/C18H16N6O5S2/c1-29-14-7-5-12(6-8-14)19-17-22-23-18(31-17)30-10-15(25)20-21-16(26)11-3-2-4-13(9-11)24(27)28/h2-9H,10H2,1H3,(H,19,22)(H,20,25)(H,21,26). The third kappa shape index (κ3) is 6.38. The van der Waals surface area contributed by atoms with E-state index in [2.05, 4.69) is 26.4 Å². The van der Waals surface area contributed by atoms with Gasteiger partial charge in [-0.2, -0.15) is 0 Å². The first-order chi connectivity index (χ1) is 14.9. The smallest absolute Gasteiger partial charge is 0.270 e. The number of hydrogen-bond donors (Lipinski definition) is 3. The van der Waals surface area contributed by atoms with Crippen molar-refractivity contribution in [1.82, 2.24) is 21.0 Å². The van der Waals surface area contributed by atoms with Crippen LogP contribution in [0.1, 0.15) is 10.4 Å². The van der Waals surface area contributed by atoms with Gasteiger partial charge in [0.25, 0.3) is 11.6 Å². The number of methoxy groups -OCH3 is 1. The molecule has 3 rings (SSSR count). The van der Waals surface area contributed by atoms with Crippen LogP contribution >= 0.6 is 23.1 Å². The molecule has 0 saturated carbocycles. The van der Waals surface area contributed by atoms with Crippen LogP contribution in [0.25, 0.3) is 0 Å². The van der Waals surface area contributed by atoms with Gasteiger partial charge in [-0.3, -0.25) is 30.6 Å². The molecule has 0 aliphatic heterocycles. The van der Waals surface area contributed by atoms with E-state index in [1.807, 2.05) is 24.3 Å². The summed E-state index contributed by atoms with van der Waals surface area (Å²) >= 11 is 2.42. The summed E-state index contributed by atoms with van der Waals surface area (Å²) in [5.41, 5.74) is 5.13. The van der Waals surface area contributed by atoms with Crippen molar-refractivity contribution in [2.75, 3.05) is 18.2 Å². The van der Waals surface area contributed by atoms with Crippen molar-refractivity contribution in [2.45, 2.75) is 4.34 Å². The second-order valence-corrected chi connectivity index (χ2v) is 8.03. The molecular weight excluding hydrogens is 444 g/mol. The molecule has 2 aromatic carbocycles. The highest BCUT2D eigenvalue weighted by atomic mass is 32.2. The average molecular weight is 460 g/mol. The normalized spacial score (nSPS) is 10.2. The zero-order valence-corrected chi connectivity index (χ0v) is 17.7. The number of aromatic nitrogens is 2. The number of nitrogens with zero attached hydrogens (tertiary/aromatic N) is 3. The second-order valence-electron chi connectivity index (χ2n) is 5.83. The maximum atomic E-state index is 12.0. The van der Waals surface area contributed by atoms with Gasteiger partial charge in [0.1, 0.15) is 5.75 Å². The zero-order valence-electron chi connectivity index (χ0n) is 16.0. The van der Waals surface area contributed by atoms with E-state index >= 15 is 0 Å². The van der Waals surface area contributed by atoms with Crippen molar-refractivity contribution < 1.29 is 19.2 Å². The van der Waals surface area contributed by atoms with Gasteiger partial charge in [-0.05, 0) is 30.3 Å². The summed E-state index contributed by atoms with van der Waals surface area (Å²) in [5, 5.41) is 22.5. The molecule has 0 aliphatic rings. The number of rotatable bonds is 8. The number of benzene rings is 2. The van der Waals surface area contributed by atoms with E-state index in [1.165, 1.54) is 29.5 Å². The molecule has 0 aliphatic carbocycles. The monoisotopic (exact) mass is 460 g/mol. The fourth-order valence-corrected chi connectivity index (χ4v) is 3.81. The molecule has 0 spiro atoms. The first-order valence-corrected chi connectivity index (χ1v) is 10.5. The molecule has 2 amide bonds. The van der Waals surface area contributed by atoms with Crippen molar-refractivity contribution in [3.05, 3.63) is 64.2 Å². The first kappa shape index (κ1) is 22.0. The number of nitro groups is 1. The van der Waals surface area contributed by atoms with Crippen LogP contribution in [0, 0.1) is 10.1 Å². The molecule has 31 heavy (non-hydrogen) atoms. The van der Waals surface area contributed by atoms with E-state index in [4.69, 9.17) is 4.74 Å². The van der Waals surface area contributed by atoms with Gasteiger partial charge in [-0.1, -0.05) is 29.2 Å². The predicted molar refractivity (Wildman–Crippen MR) is 116 cm³/mol. The lowest BCUT2D eigenvalue weighted by Gasteiger charge is -2.06. The molecule has 3 aromatic rings. The Hall–Kier alpha value is -3.71. The Balaban J connectivity index is 1.45. The molecule has 13 heteroatoms. The number of ether oxygens (including phenoxy) is 1. The minimum atomic E-state index is -0.663. The van der Waals surface area contributed by atoms with Gasteiger partial charge >= 0.3 is 0 Å². The highest BCUT2D eigenvalue weighted by Gasteiger charge is 2.13. The first-order valence-electron chi connectivity index (χ1n) is 8.65. The van der Waals surface area contributed by atoms with E-state index in [1.54, 1.807) is 7.11 Å². The SMILES string of the molecule is COc1ccc(Nc2nnc(SCC(=O)NNC(=O)c3cccc([N+](=O)[O-])c3)s2)cc1. The molecular formula is C18H16N6O5S2. The Morgan fingerprint density at radius 2 is 1.94 bits per heavy atom. The van der Waals surface area contributed by atoms with E-state index in [0.717, 1.165) is 29.3 Å². The fourth-order valence-electron chi connectivity index (χ4n) is 2.24. The molecule has 0 bridgehead atoms. The number of non-ortho nitro benzene ring substituents is 1. The lowest BCUT2D eigenvalue weighted by molar-refractivity contribution is -0.384. The summed E-state index contributed by atoms with van der Waals surface area (Å²) in [6, 6.07) is 12.5. The Labute approximate surface area is 184 Å². The van der Waals surface area contributed by atoms with E-state index in [9.17, 15) is 19.7 Å². The van der Waals surface area contributed by atoms with E-state index in [-0.39, 0.29) is 17.0 Å². The molecule has 11 nitrogen and oxygen atoms in total. The lowest BCUT2D eigenvalue weighted by Crippen LogP contribution is -2.42. The molecule has 0 atom stereocenters. The van der Waals surface area contributed by atoms with Crippen LogP contribution in [-0.2, 0) is 4.79 Å². The number of nitrogens with one attached hydrogen (secondary N) is 3. The third-order valence-electron chi connectivity index (χ3n) is 3.71. The van der Waals surface area contributed by atoms with Gasteiger partial charge in [0.2, 0.25) is 11.0 Å². The molecule has 0 unspecified atom stereocenters. The molecule has 1 aromatic heterocycles. The number of thioether (sulfide) groups is 1. The fraction of sp³-hybridized carbons (Fsp3) is 0.111. The van der Waals surface area contributed by atoms with Crippen LogP contribution in [0.15, 0.2) is 52.9 Å². The predicted octanol–water partition coefficient (Wildman–Crippen LogP) is 2.75. The quantitative estimate of drug-likeness (QED) is 0.262. The minimum Gasteiger partial charge on any atom is -0.497 e. The lowest BCUT2D eigenvalue weighted by atomic mass is 10.2. The summed E-state index contributed by atoms with van der Waals surface area (Å²) in [7, 11) is 1.59. The number of anilines is 2. The number of nitro benzene ring substituents is 1. The van der Waals surface area contributed by atoms with Crippen molar-refractivity contribution in [3.63, 3.8) is 0 Å². The summed E-state index contributed by atoms with van der Waals surface area (Å²) in [4.78, 5) is 34.2. The molecule has 3 N–H and O–H groups in total. The highest BCUT2D eigenvalue weighted by Crippen LogP contribution is 2.28. The number of carbonyl (C=O) groups is 2. The topological polar surface area (TPSA) is 148 Å². The molecule has 0 fully saturated rings. The third-order valence-corrected chi connectivity index (χ3v) is 5.68. The maximum absolute atomic E-state index is 12.0. The summed E-state index contributed by atoms with van der Waals surface area (Å²) in [6.07, 6.45) is 0. The molecule has 0 radical (unpaired) electrons. The van der Waals surface area contributed by atoms with Crippen molar-refractivity contribution >= 4 is 51.4 Å². The second kappa shape index (κ2) is 10.4. The molecule has 0 saturated heterocycles. The van der Waals surface area contributed by atoms with E-state index in [0.29, 0.717) is 9.47 Å². The van der Waals surface area contributed by atoms with Crippen LogP contribution in [0.4, 0.5) is 16.5 Å². The van der Waals surface area contributed by atoms with Crippen LogP contribution in [0.3, 0.4) is 0 Å². The van der Waals surface area contributed by atoms with Crippen LogP contribution in [-0.4, -0.2) is 39.8 Å². The summed E-state index contributed by atoms with van der Waals surface area (Å²) in [5.74, 6) is -0.401. The van der Waals surface area contributed by atoms with Gasteiger partial charge in [0, 0.05) is 23.4 Å². The molecule has 1 heterocycles. The van der Waals surface area contributed by atoms with Crippen molar-refractivity contribution in [3.8, 4) is 5.75 Å². The van der Waals surface area contributed by atoms with Crippen LogP contribution in [0.5, 0.6) is 5.75 Å². The molecule has 160 valence electrons. The maximum Gasteiger partial charge on any atom is 0.270 e. The Morgan fingerprint density at radius 1 is 1.16 bits per heavy atom. The van der Waals surface area contributed by atoms with Crippen molar-refractivity contribution in [1.29, 1.82) is 0 Å². The van der Waals surface area contributed by atoms with Crippen LogP contribution < -0.4 is 20.9 Å². The van der Waals surface area contributed by atoms with Gasteiger partial charge in [-0.15, -0.1) is 10.2 Å². The number of amides is 2.